The largest absolute Gasteiger partial charge is 0.417 e. The van der Waals surface area contributed by atoms with Crippen molar-refractivity contribution in [3.63, 3.8) is 0 Å². The molecule has 0 unspecified atom stereocenters. The van der Waals surface area contributed by atoms with Crippen LogP contribution in [-0.4, -0.2) is 24.6 Å². The maximum atomic E-state index is 13.9. The molecule has 3 aromatic rings. The maximum Gasteiger partial charge on any atom is 0.417 e. The topological polar surface area (TPSA) is 45.0 Å². The number of aromatic nitrogens is 1. The predicted octanol–water partition coefficient (Wildman–Crippen LogP) is 7.00. The molecule has 3 rings (SSSR count). The third-order valence-corrected chi connectivity index (χ3v) is 5.80. The van der Waals surface area contributed by atoms with Gasteiger partial charge in [-0.3, -0.25) is 0 Å². The second-order valence-electron chi connectivity index (χ2n) is 7.89. The monoisotopic (exact) mass is 471 g/mol. The zero-order chi connectivity index (χ0) is 24.4. The molecule has 0 saturated heterocycles. The molecule has 3 N–H and O–H groups in total. The van der Waals surface area contributed by atoms with Gasteiger partial charge in [-0.1, -0.05) is 12.1 Å². The summed E-state index contributed by atoms with van der Waals surface area (Å²) in [6, 6.07) is 8.25. The molecule has 1 heterocycles. The van der Waals surface area contributed by atoms with Crippen LogP contribution in [0.3, 0.4) is 0 Å². The fourth-order valence-electron chi connectivity index (χ4n) is 4.16. The molecule has 0 aliphatic carbocycles. The zero-order valence-electron chi connectivity index (χ0n) is 18.5. The highest BCUT2D eigenvalue weighted by Gasteiger charge is 2.39. The van der Waals surface area contributed by atoms with Crippen LogP contribution in [0.1, 0.15) is 43.4 Å². The Morgan fingerprint density at radius 2 is 1.52 bits per heavy atom. The number of benzene rings is 2. The summed E-state index contributed by atoms with van der Waals surface area (Å²) in [6.45, 7) is 5.99. The van der Waals surface area contributed by atoms with Crippen LogP contribution in [0.15, 0.2) is 36.4 Å². The van der Waals surface area contributed by atoms with Gasteiger partial charge in [-0.25, -0.2) is 0 Å². The molecule has 9 heteroatoms. The maximum absolute atomic E-state index is 13.9. The number of nitrogens with zero attached hydrogens (tertiary/aromatic N) is 1. The lowest BCUT2D eigenvalue weighted by molar-refractivity contribution is -0.142. The van der Waals surface area contributed by atoms with Crippen molar-refractivity contribution >= 4 is 16.6 Å². The Balaban J connectivity index is 2.25. The van der Waals surface area contributed by atoms with Crippen molar-refractivity contribution in [3.05, 3.63) is 53.1 Å². The van der Waals surface area contributed by atoms with Gasteiger partial charge < -0.3 is 15.6 Å². The standard InChI is InChI=1S/C24H27F6N3/c1-3-33(4-2)17-10-8-15(9-11-17)22-18(7-5-6-12-31)21-19(24(28,29)30)13-16(23(25,26)27)14-20(21)32-22/h8-11,13-14,32H,3-7,12,31H2,1-2H3. The molecule has 0 aliphatic heterocycles. The van der Waals surface area contributed by atoms with E-state index in [0.717, 1.165) is 24.8 Å². The third kappa shape index (κ3) is 5.29. The molecule has 33 heavy (non-hydrogen) atoms. The first kappa shape index (κ1) is 25.0. The summed E-state index contributed by atoms with van der Waals surface area (Å²) in [5, 5.41) is -0.213. The first-order valence-corrected chi connectivity index (χ1v) is 10.9. The van der Waals surface area contributed by atoms with Crippen molar-refractivity contribution < 1.29 is 26.3 Å². The average Bonchev–Trinajstić information content (AvgIpc) is 3.12. The molecule has 0 aliphatic rings. The van der Waals surface area contributed by atoms with Crippen LogP contribution in [0.2, 0.25) is 0 Å². The molecule has 0 amide bonds. The first-order chi connectivity index (χ1) is 15.5. The van der Waals surface area contributed by atoms with E-state index in [4.69, 9.17) is 5.73 Å². The van der Waals surface area contributed by atoms with Crippen LogP contribution in [0.4, 0.5) is 32.0 Å². The van der Waals surface area contributed by atoms with Crippen molar-refractivity contribution in [1.29, 1.82) is 0 Å². The number of aryl methyl sites for hydroxylation is 1. The van der Waals surface area contributed by atoms with Gasteiger partial charge in [0, 0.05) is 35.4 Å². The Hall–Kier alpha value is -2.68. The number of aromatic amines is 1. The second-order valence-corrected chi connectivity index (χ2v) is 7.89. The van der Waals surface area contributed by atoms with Crippen molar-refractivity contribution in [1.82, 2.24) is 4.98 Å². The molecule has 0 fully saturated rings. The summed E-state index contributed by atoms with van der Waals surface area (Å²) < 4.78 is 81.7. The number of hydrogen-bond donors (Lipinski definition) is 2. The average molecular weight is 471 g/mol. The van der Waals surface area contributed by atoms with Gasteiger partial charge in [0.05, 0.1) is 11.1 Å². The van der Waals surface area contributed by atoms with E-state index in [-0.39, 0.29) is 23.4 Å². The fraction of sp³-hybridized carbons (Fsp3) is 0.417. The molecule has 1 aromatic heterocycles. The summed E-state index contributed by atoms with van der Waals surface area (Å²) in [5.41, 5.74) is 5.09. The van der Waals surface area contributed by atoms with Crippen LogP contribution in [0.25, 0.3) is 22.2 Å². The molecular weight excluding hydrogens is 444 g/mol. The Bertz CT molecular complexity index is 1080. The van der Waals surface area contributed by atoms with E-state index in [9.17, 15) is 26.3 Å². The zero-order valence-corrected chi connectivity index (χ0v) is 18.5. The first-order valence-electron chi connectivity index (χ1n) is 10.9. The lowest BCUT2D eigenvalue weighted by atomic mass is 9.96. The van der Waals surface area contributed by atoms with Crippen molar-refractivity contribution in [2.75, 3.05) is 24.5 Å². The van der Waals surface area contributed by atoms with Gasteiger partial charge in [0.15, 0.2) is 0 Å². The number of halogens is 6. The number of fused-ring (bicyclic) bond motifs is 1. The van der Waals surface area contributed by atoms with Crippen LogP contribution in [-0.2, 0) is 18.8 Å². The van der Waals surface area contributed by atoms with E-state index in [1.54, 1.807) is 12.1 Å². The lowest BCUT2D eigenvalue weighted by Gasteiger charge is -2.21. The van der Waals surface area contributed by atoms with Crippen LogP contribution in [0.5, 0.6) is 0 Å². The Kier molecular flexibility index (Phi) is 7.31. The minimum atomic E-state index is -4.94. The van der Waals surface area contributed by atoms with Crippen LogP contribution >= 0.6 is 0 Å². The summed E-state index contributed by atoms with van der Waals surface area (Å²) in [6.07, 6.45) is -8.46. The minimum Gasteiger partial charge on any atom is -0.372 e. The van der Waals surface area contributed by atoms with Gasteiger partial charge in [0.1, 0.15) is 0 Å². The van der Waals surface area contributed by atoms with Gasteiger partial charge in [0.25, 0.3) is 0 Å². The molecule has 3 nitrogen and oxygen atoms in total. The molecule has 2 aromatic carbocycles. The van der Waals surface area contributed by atoms with E-state index >= 15 is 0 Å². The number of unbranched alkanes of at least 4 members (excludes halogenated alkanes) is 1. The minimum absolute atomic E-state index is 0.178. The van der Waals surface area contributed by atoms with Gasteiger partial charge in [-0.05, 0) is 75.0 Å². The van der Waals surface area contributed by atoms with Crippen molar-refractivity contribution in [2.45, 2.75) is 45.5 Å². The number of alkyl halides is 6. The predicted molar refractivity (Wildman–Crippen MR) is 119 cm³/mol. The molecule has 0 atom stereocenters. The number of rotatable bonds is 8. The summed E-state index contributed by atoms with van der Waals surface area (Å²) >= 11 is 0. The summed E-state index contributed by atoms with van der Waals surface area (Å²) in [7, 11) is 0. The highest BCUT2D eigenvalue weighted by atomic mass is 19.4. The Morgan fingerprint density at radius 1 is 0.879 bits per heavy atom. The van der Waals surface area contributed by atoms with Gasteiger partial charge >= 0.3 is 12.4 Å². The van der Waals surface area contributed by atoms with Gasteiger partial charge in [-0.15, -0.1) is 0 Å². The molecular formula is C24H27F6N3. The van der Waals surface area contributed by atoms with E-state index in [2.05, 4.69) is 9.88 Å². The Morgan fingerprint density at radius 3 is 2.03 bits per heavy atom. The van der Waals surface area contributed by atoms with Gasteiger partial charge in [0.2, 0.25) is 0 Å². The highest BCUT2D eigenvalue weighted by Crippen LogP contribution is 2.44. The van der Waals surface area contributed by atoms with E-state index in [1.165, 1.54) is 0 Å². The van der Waals surface area contributed by atoms with Crippen LogP contribution in [0, 0.1) is 0 Å². The second kappa shape index (κ2) is 9.67. The summed E-state index contributed by atoms with van der Waals surface area (Å²) in [4.78, 5) is 4.98. The van der Waals surface area contributed by atoms with Crippen molar-refractivity contribution in [3.8, 4) is 11.3 Å². The number of hydrogen-bond acceptors (Lipinski definition) is 2. The number of H-pyrrole nitrogens is 1. The highest BCUT2D eigenvalue weighted by molar-refractivity contribution is 5.94. The Labute approximate surface area is 188 Å². The molecule has 180 valence electrons. The van der Waals surface area contributed by atoms with E-state index in [0.29, 0.717) is 36.2 Å². The molecule has 0 radical (unpaired) electrons. The number of nitrogens with two attached hydrogens (primary N) is 1. The quantitative estimate of drug-likeness (QED) is 0.274. The third-order valence-electron chi connectivity index (χ3n) is 5.80. The van der Waals surface area contributed by atoms with E-state index < -0.39 is 23.5 Å². The van der Waals surface area contributed by atoms with E-state index in [1.807, 2.05) is 26.0 Å². The normalized spacial score (nSPS) is 12.5. The lowest BCUT2D eigenvalue weighted by Crippen LogP contribution is -2.21. The van der Waals surface area contributed by atoms with Gasteiger partial charge in [-0.2, -0.15) is 26.3 Å². The number of nitrogens with one attached hydrogen (secondary N) is 1. The SMILES string of the molecule is CCN(CC)c1ccc(-c2[nH]c3cc(C(F)(F)F)cc(C(F)(F)F)c3c2CCCCN)cc1. The summed E-state index contributed by atoms with van der Waals surface area (Å²) in [5.74, 6) is 0. The van der Waals surface area contributed by atoms with Crippen molar-refractivity contribution in [2.24, 2.45) is 5.73 Å². The number of anilines is 1. The molecule has 0 bridgehead atoms. The fourth-order valence-corrected chi connectivity index (χ4v) is 4.16. The molecule has 0 spiro atoms. The smallest absolute Gasteiger partial charge is 0.372 e. The molecule has 0 saturated carbocycles. The van der Waals surface area contributed by atoms with Crippen LogP contribution < -0.4 is 10.6 Å².